The summed E-state index contributed by atoms with van der Waals surface area (Å²) in [5, 5.41) is 3.26. The second-order valence-corrected chi connectivity index (χ2v) is 4.54. The number of nitrogens with zero attached hydrogens (tertiary/aromatic N) is 1. The van der Waals surface area contributed by atoms with Crippen LogP contribution in [-0.4, -0.2) is 50.2 Å². The van der Waals surface area contributed by atoms with Gasteiger partial charge in [-0.15, -0.1) is 0 Å². The Kier molecular flexibility index (Phi) is 3.59. The SMILES string of the molecule is COCC1CCN(C(=O)C2CCCN2)C1. The highest BCUT2D eigenvalue weighted by Crippen LogP contribution is 2.19. The number of likely N-dealkylation sites (tertiary alicyclic amines) is 1. The zero-order valence-corrected chi connectivity index (χ0v) is 9.37. The normalized spacial score (nSPS) is 31.1. The van der Waals surface area contributed by atoms with Crippen LogP contribution in [0.5, 0.6) is 0 Å². The van der Waals surface area contributed by atoms with Crippen molar-refractivity contribution in [2.24, 2.45) is 5.92 Å². The molecule has 2 atom stereocenters. The maximum atomic E-state index is 12.0. The van der Waals surface area contributed by atoms with Gasteiger partial charge in [0.1, 0.15) is 0 Å². The van der Waals surface area contributed by atoms with Gasteiger partial charge in [-0.1, -0.05) is 0 Å². The van der Waals surface area contributed by atoms with Crippen molar-refractivity contribution in [1.29, 1.82) is 0 Å². The number of rotatable bonds is 3. The summed E-state index contributed by atoms with van der Waals surface area (Å²) < 4.78 is 5.13. The first-order chi connectivity index (χ1) is 7.31. The minimum Gasteiger partial charge on any atom is -0.384 e. The van der Waals surface area contributed by atoms with Crippen molar-refractivity contribution in [2.45, 2.75) is 25.3 Å². The fraction of sp³-hybridized carbons (Fsp3) is 0.909. The fourth-order valence-electron chi connectivity index (χ4n) is 2.52. The van der Waals surface area contributed by atoms with E-state index >= 15 is 0 Å². The van der Waals surface area contributed by atoms with Crippen LogP contribution in [0.25, 0.3) is 0 Å². The maximum Gasteiger partial charge on any atom is 0.239 e. The molecule has 0 aromatic heterocycles. The van der Waals surface area contributed by atoms with Crippen molar-refractivity contribution >= 4 is 5.91 Å². The van der Waals surface area contributed by atoms with E-state index in [4.69, 9.17) is 4.74 Å². The van der Waals surface area contributed by atoms with Crippen LogP contribution in [0.2, 0.25) is 0 Å². The lowest BCUT2D eigenvalue weighted by molar-refractivity contribution is -0.132. The zero-order chi connectivity index (χ0) is 10.7. The molecule has 2 unspecified atom stereocenters. The van der Waals surface area contributed by atoms with E-state index in [1.165, 1.54) is 0 Å². The predicted molar refractivity (Wildman–Crippen MR) is 57.6 cm³/mol. The third-order valence-corrected chi connectivity index (χ3v) is 3.36. The summed E-state index contributed by atoms with van der Waals surface area (Å²) in [5.41, 5.74) is 0. The minimum atomic E-state index is 0.0892. The summed E-state index contributed by atoms with van der Waals surface area (Å²) in [7, 11) is 1.73. The van der Waals surface area contributed by atoms with Crippen molar-refractivity contribution in [3.63, 3.8) is 0 Å². The largest absolute Gasteiger partial charge is 0.384 e. The van der Waals surface area contributed by atoms with Gasteiger partial charge in [0.05, 0.1) is 12.6 Å². The molecule has 2 heterocycles. The number of amides is 1. The van der Waals surface area contributed by atoms with Crippen LogP contribution in [0.15, 0.2) is 0 Å². The third-order valence-electron chi connectivity index (χ3n) is 3.36. The zero-order valence-electron chi connectivity index (χ0n) is 9.37. The molecule has 2 fully saturated rings. The highest BCUT2D eigenvalue weighted by molar-refractivity contribution is 5.82. The molecule has 4 nitrogen and oxygen atoms in total. The number of hydrogen-bond donors (Lipinski definition) is 1. The van der Waals surface area contributed by atoms with Crippen LogP contribution in [0, 0.1) is 5.92 Å². The van der Waals surface area contributed by atoms with Gasteiger partial charge in [-0.25, -0.2) is 0 Å². The second-order valence-electron chi connectivity index (χ2n) is 4.54. The summed E-state index contributed by atoms with van der Waals surface area (Å²) >= 11 is 0. The topological polar surface area (TPSA) is 41.6 Å². The molecule has 1 amide bonds. The summed E-state index contributed by atoms with van der Waals surface area (Å²) in [6, 6.07) is 0.0892. The van der Waals surface area contributed by atoms with Crippen LogP contribution in [0.4, 0.5) is 0 Å². The summed E-state index contributed by atoms with van der Waals surface area (Å²) in [4.78, 5) is 14.0. The summed E-state index contributed by atoms with van der Waals surface area (Å²) in [6.07, 6.45) is 3.22. The van der Waals surface area contributed by atoms with Crippen molar-refractivity contribution in [3.05, 3.63) is 0 Å². The van der Waals surface area contributed by atoms with E-state index in [1.807, 2.05) is 4.90 Å². The highest BCUT2D eigenvalue weighted by Gasteiger charge is 2.31. The molecule has 2 saturated heterocycles. The Morgan fingerprint density at radius 2 is 2.40 bits per heavy atom. The maximum absolute atomic E-state index is 12.0. The molecular formula is C11H20N2O2. The van der Waals surface area contributed by atoms with Crippen molar-refractivity contribution in [3.8, 4) is 0 Å². The van der Waals surface area contributed by atoms with E-state index < -0.39 is 0 Å². The molecule has 0 aromatic rings. The highest BCUT2D eigenvalue weighted by atomic mass is 16.5. The Morgan fingerprint density at radius 1 is 1.53 bits per heavy atom. The molecule has 2 rings (SSSR count). The van der Waals surface area contributed by atoms with E-state index in [0.29, 0.717) is 11.8 Å². The quantitative estimate of drug-likeness (QED) is 0.728. The number of methoxy groups -OCH3 is 1. The molecule has 86 valence electrons. The lowest BCUT2D eigenvalue weighted by Crippen LogP contribution is -2.42. The Labute approximate surface area is 91.0 Å². The molecule has 0 saturated carbocycles. The number of ether oxygens (including phenoxy) is 1. The van der Waals surface area contributed by atoms with Crippen LogP contribution in [-0.2, 0) is 9.53 Å². The van der Waals surface area contributed by atoms with Crippen LogP contribution in [0.3, 0.4) is 0 Å². The van der Waals surface area contributed by atoms with Gasteiger partial charge in [-0.05, 0) is 25.8 Å². The van der Waals surface area contributed by atoms with Crippen LogP contribution < -0.4 is 5.32 Å². The molecule has 0 bridgehead atoms. The van der Waals surface area contributed by atoms with E-state index in [0.717, 1.165) is 45.5 Å². The molecule has 1 N–H and O–H groups in total. The number of hydrogen-bond acceptors (Lipinski definition) is 3. The summed E-state index contributed by atoms with van der Waals surface area (Å²) in [5.74, 6) is 0.839. The smallest absolute Gasteiger partial charge is 0.239 e. The van der Waals surface area contributed by atoms with Gasteiger partial charge in [0.2, 0.25) is 5.91 Å². The molecule has 4 heteroatoms. The predicted octanol–water partition coefficient (Wildman–Crippen LogP) is 0.233. The van der Waals surface area contributed by atoms with Crippen molar-refractivity contribution in [2.75, 3.05) is 33.4 Å². The number of carbonyl (C=O) groups excluding carboxylic acids is 1. The Hall–Kier alpha value is -0.610. The van der Waals surface area contributed by atoms with E-state index in [-0.39, 0.29) is 6.04 Å². The van der Waals surface area contributed by atoms with Gasteiger partial charge in [-0.2, -0.15) is 0 Å². The van der Waals surface area contributed by atoms with Crippen molar-refractivity contribution < 1.29 is 9.53 Å². The van der Waals surface area contributed by atoms with Gasteiger partial charge in [0.25, 0.3) is 0 Å². The molecule has 0 spiro atoms. The van der Waals surface area contributed by atoms with E-state index in [2.05, 4.69) is 5.32 Å². The van der Waals surface area contributed by atoms with Gasteiger partial charge in [-0.3, -0.25) is 4.79 Å². The minimum absolute atomic E-state index is 0.0892. The monoisotopic (exact) mass is 212 g/mol. The molecular weight excluding hydrogens is 192 g/mol. The molecule has 0 aromatic carbocycles. The van der Waals surface area contributed by atoms with Gasteiger partial charge in [0, 0.05) is 26.1 Å². The lowest BCUT2D eigenvalue weighted by atomic mass is 10.1. The fourth-order valence-corrected chi connectivity index (χ4v) is 2.52. The molecule has 2 aliphatic heterocycles. The number of nitrogens with one attached hydrogen (secondary N) is 1. The molecule has 0 aliphatic carbocycles. The van der Waals surface area contributed by atoms with Gasteiger partial charge < -0.3 is 15.0 Å². The first-order valence-electron chi connectivity index (χ1n) is 5.82. The first kappa shape index (κ1) is 10.9. The third kappa shape index (κ3) is 2.49. The standard InChI is InChI=1S/C11H20N2O2/c1-15-8-9-4-6-13(7-9)11(14)10-3-2-5-12-10/h9-10,12H,2-8H2,1H3. The lowest BCUT2D eigenvalue weighted by Gasteiger charge is -2.20. The Bertz CT molecular complexity index is 227. The second kappa shape index (κ2) is 4.94. The average molecular weight is 212 g/mol. The van der Waals surface area contributed by atoms with E-state index in [1.54, 1.807) is 7.11 Å². The van der Waals surface area contributed by atoms with Gasteiger partial charge >= 0.3 is 0 Å². The molecule has 15 heavy (non-hydrogen) atoms. The van der Waals surface area contributed by atoms with Crippen LogP contribution in [0.1, 0.15) is 19.3 Å². The van der Waals surface area contributed by atoms with Crippen LogP contribution >= 0.6 is 0 Å². The number of carbonyl (C=O) groups is 1. The molecule has 0 radical (unpaired) electrons. The first-order valence-corrected chi connectivity index (χ1v) is 5.82. The molecule has 2 aliphatic rings. The Morgan fingerprint density at radius 3 is 3.07 bits per heavy atom. The Balaban J connectivity index is 1.81. The summed E-state index contributed by atoms with van der Waals surface area (Å²) in [6.45, 7) is 3.56. The average Bonchev–Trinajstić information content (AvgIpc) is 2.87. The van der Waals surface area contributed by atoms with Gasteiger partial charge in [0.15, 0.2) is 0 Å². The van der Waals surface area contributed by atoms with Crippen molar-refractivity contribution in [1.82, 2.24) is 10.2 Å². The van der Waals surface area contributed by atoms with E-state index in [9.17, 15) is 4.79 Å².